The Bertz CT molecular complexity index is 608. The van der Waals surface area contributed by atoms with Crippen molar-refractivity contribution >= 4 is 44.8 Å². The SMILES string of the molecule is CC1CN(S(=O)(=O)c2cc(Cl)cc(CCl)c2Cl)CC1C. The molecule has 1 aromatic carbocycles. The van der Waals surface area contributed by atoms with Gasteiger partial charge in [-0.15, -0.1) is 11.6 Å². The van der Waals surface area contributed by atoms with Crippen LogP contribution < -0.4 is 0 Å². The van der Waals surface area contributed by atoms with E-state index in [-0.39, 0.29) is 15.8 Å². The van der Waals surface area contributed by atoms with Crippen molar-refractivity contribution in [1.82, 2.24) is 4.31 Å². The highest BCUT2D eigenvalue weighted by atomic mass is 35.5. The van der Waals surface area contributed by atoms with Gasteiger partial charge in [0.25, 0.3) is 0 Å². The van der Waals surface area contributed by atoms with Crippen molar-refractivity contribution in [2.24, 2.45) is 11.8 Å². The zero-order chi connectivity index (χ0) is 15.1. The number of hydrogen-bond donors (Lipinski definition) is 0. The molecule has 1 saturated heterocycles. The predicted octanol–water partition coefficient (Wildman–Crippen LogP) is 4.01. The highest BCUT2D eigenvalue weighted by molar-refractivity contribution is 7.89. The van der Waals surface area contributed by atoms with E-state index in [0.717, 1.165) is 0 Å². The molecule has 1 aliphatic heterocycles. The van der Waals surface area contributed by atoms with E-state index < -0.39 is 10.0 Å². The molecule has 112 valence electrons. The van der Waals surface area contributed by atoms with Crippen LogP contribution in [0.25, 0.3) is 0 Å². The molecule has 2 rings (SSSR count). The summed E-state index contributed by atoms with van der Waals surface area (Å²) in [5, 5.41) is 0.487. The van der Waals surface area contributed by atoms with E-state index in [4.69, 9.17) is 34.8 Å². The molecule has 0 aliphatic carbocycles. The fourth-order valence-corrected chi connectivity index (χ4v) is 5.14. The Hall–Kier alpha value is -0.000000000000000111. The normalized spacial score (nSPS) is 24.2. The molecule has 1 aliphatic rings. The summed E-state index contributed by atoms with van der Waals surface area (Å²) in [5.41, 5.74) is 0.528. The molecule has 1 fully saturated rings. The van der Waals surface area contributed by atoms with Crippen molar-refractivity contribution in [3.8, 4) is 0 Å². The van der Waals surface area contributed by atoms with Crippen LogP contribution >= 0.6 is 34.8 Å². The summed E-state index contributed by atoms with van der Waals surface area (Å²) in [6.07, 6.45) is 0. The minimum Gasteiger partial charge on any atom is -0.207 e. The van der Waals surface area contributed by atoms with Crippen LogP contribution in [-0.2, 0) is 15.9 Å². The fraction of sp³-hybridized carbons (Fsp3) is 0.538. The predicted molar refractivity (Wildman–Crippen MR) is 83.1 cm³/mol. The first kappa shape index (κ1) is 16.4. The van der Waals surface area contributed by atoms with Crippen LogP contribution in [-0.4, -0.2) is 25.8 Å². The second-order valence-corrected chi connectivity index (χ2v) is 8.28. The lowest BCUT2D eigenvalue weighted by atomic mass is 10.0. The van der Waals surface area contributed by atoms with Gasteiger partial charge in [0.2, 0.25) is 10.0 Å². The van der Waals surface area contributed by atoms with Gasteiger partial charge >= 0.3 is 0 Å². The third-order valence-corrected chi connectivity index (χ3v) is 6.72. The molecule has 0 aromatic heterocycles. The Morgan fingerprint density at radius 3 is 2.25 bits per heavy atom. The van der Waals surface area contributed by atoms with Crippen LogP contribution in [0.3, 0.4) is 0 Å². The van der Waals surface area contributed by atoms with Gasteiger partial charge in [-0.1, -0.05) is 37.0 Å². The van der Waals surface area contributed by atoms with Crippen molar-refractivity contribution in [1.29, 1.82) is 0 Å². The average molecular weight is 357 g/mol. The first-order chi connectivity index (χ1) is 9.27. The van der Waals surface area contributed by atoms with E-state index in [0.29, 0.717) is 35.5 Å². The maximum atomic E-state index is 12.7. The van der Waals surface area contributed by atoms with Gasteiger partial charge in [-0.05, 0) is 29.5 Å². The van der Waals surface area contributed by atoms with Gasteiger partial charge in [0.05, 0.1) is 5.02 Å². The Kier molecular flexibility index (Phi) is 4.92. The highest BCUT2D eigenvalue weighted by Gasteiger charge is 2.36. The maximum Gasteiger partial charge on any atom is 0.244 e. The largest absolute Gasteiger partial charge is 0.244 e. The maximum absolute atomic E-state index is 12.7. The first-order valence-electron chi connectivity index (χ1n) is 6.31. The van der Waals surface area contributed by atoms with Gasteiger partial charge in [0.15, 0.2) is 0 Å². The van der Waals surface area contributed by atoms with E-state index in [1.165, 1.54) is 10.4 Å². The molecule has 0 saturated carbocycles. The summed E-state index contributed by atoms with van der Waals surface area (Å²) in [4.78, 5) is 0.0450. The van der Waals surface area contributed by atoms with Gasteiger partial charge in [0.1, 0.15) is 4.90 Å². The molecule has 0 bridgehead atoms. The van der Waals surface area contributed by atoms with Crippen molar-refractivity contribution in [3.05, 3.63) is 27.7 Å². The molecule has 2 atom stereocenters. The molecule has 0 radical (unpaired) electrons. The number of hydrogen-bond acceptors (Lipinski definition) is 2. The summed E-state index contributed by atoms with van der Waals surface area (Å²) in [5.74, 6) is 0.778. The summed E-state index contributed by atoms with van der Waals surface area (Å²) in [6.45, 7) is 5.10. The molecule has 20 heavy (non-hydrogen) atoms. The molecule has 0 amide bonds. The number of nitrogens with zero attached hydrogens (tertiary/aromatic N) is 1. The lowest BCUT2D eigenvalue weighted by Gasteiger charge is -2.18. The number of alkyl halides is 1. The Morgan fingerprint density at radius 1 is 1.20 bits per heavy atom. The molecule has 7 heteroatoms. The molecule has 0 spiro atoms. The van der Waals surface area contributed by atoms with Gasteiger partial charge < -0.3 is 0 Å². The Morgan fingerprint density at radius 2 is 1.75 bits per heavy atom. The third kappa shape index (κ3) is 2.95. The first-order valence-corrected chi connectivity index (χ1v) is 9.04. The minimum absolute atomic E-state index is 0.0450. The molecule has 2 unspecified atom stereocenters. The number of rotatable bonds is 3. The van der Waals surface area contributed by atoms with Gasteiger partial charge in [-0.2, -0.15) is 4.31 Å². The van der Waals surface area contributed by atoms with Crippen LogP contribution in [0.4, 0.5) is 0 Å². The van der Waals surface area contributed by atoms with E-state index >= 15 is 0 Å². The van der Waals surface area contributed by atoms with E-state index in [2.05, 4.69) is 0 Å². The van der Waals surface area contributed by atoms with Crippen molar-refractivity contribution in [3.63, 3.8) is 0 Å². The summed E-state index contributed by atoms with van der Waals surface area (Å²) >= 11 is 17.9. The third-order valence-electron chi connectivity index (χ3n) is 3.80. The summed E-state index contributed by atoms with van der Waals surface area (Å²) in [6, 6.07) is 2.98. The second-order valence-electron chi connectivity index (χ2n) is 5.29. The van der Waals surface area contributed by atoms with Crippen LogP contribution in [0.5, 0.6) is 0 Å². The van der Waals surface area contributed by atoms with Crippen molar-refractivity contribution < 1.29 is 8.42 Å². The molecule has 0 N–H and O–H groups in total. The lowest BCUT2D eigenvalue weighted by Crippen LogP contribution is -2.29. The monoisotopic (exact) mass is 355 g/mol. The van der Waals surface area contributed by atoms with Gasteiger partial charge in [0, 0.05) is 24.0 Å². The highest BCUT2D eigenvalue weighted by Crippen LogP contribution is 2.35. The van der Waals surface area contributed by atoms with Gasteiger partial charge in [-0.3, -0.25) is 0 Å². The number of halogens is 3. The van der Waals surface area contributed by atoms with E-state index in [1.807, 2.05) is 13.8 Å². The molecule has 1 aromatic rings. The molecule has 1 heterocycles. The number of benzene rings is 1. The number of sulfonamides is 1. The van der Waals surface area contributed by atoms with Crippen LogP contribution in [0.2, 0.25) is 10.0 Å². The van der Waals surface area contributed by atoms with E-state index in [1.54, 1.807) is 6.07 Å². The quantitative estimate of drug-likeness (QED) is 0.767. The van der Waals surface area contributed by atoms with Crippen molar-refractivity contribution in [2.75, 3.05) is 13.1 Å². The average Bonchev–Trinajstić information content (AvgIpc) is 2.72. The lowest BCUT2D eigenvalue weighted by molar-refractivity contribution is 0.463. The molecular weight excluding hydrogens is 341 g/mol. The smallest absolute Gasteiger partial charge is 0.207 e. The van der Waals surface area contributed by atoms with E-state index in [9.17, 15) is 8.42 Å². The summed E-state index contributed by atoms with van der Waals surface area (Å²) in [7, 11) is -3.63. The molecular formula is C13H16Cl3NO2S. The van der Waals surface area contributed by atoms with Gasteiger partial charge in [-0.25, -0.2) is 8.42 Å². The zero-order valence-corrected chi connectivity index (χ0v) is 14.3. The zero-order valence-electron chi connectivity index (χ0n) is 11.2. The van der Waals surface area contributed by atoms with Crippen LogP contribution in [0, 0.1) is 11.8 Å². The standard InChI is InChI=1S/C13H16Cl3NO2S/c1-8-6-17(7-9(8)2)20(18,19)12-4-11(15)3-10(5-14)13(12)16/h3-4,8-9H,5-7H2,1-2H3. The van der Waals surface area contributed by atoms with Crippen molar-refractivity contribution in [2.45, 2.75) is 24.6 Å². The topological polar surface area (TPSA) is 37.4 Å². The molecule has 3 nitrogen and oxygen atoms in total. The van der Waals surface area contributed by atoms with Crippen LogP contribution in [0.15, 0.2) is 17.0 Å². The Labute approximate surface area is 134 Å². The summed E-state index contributed by atoms with van der Waals surface area (Å²) < 4.78 is 26.9. The Balaban J connectivity index is 2.48. The fourth-order valence-electron chi connectivity index (χ4n) is 2.32. The van der Waals surface area contributed by atoms with Crippen LogP contribution in [0.1, 0.15) is 19.4 Å². The second kappa shape index (κ2) is 6.01. The minimum atomic E-state index is -3.63.